The van der Waals surface area contributed by atoms with Crippen LogP contribution in [-0.4, -0.2) is 23.1 Å². The summed E-state index contributed by atoms with van der Waals surface area (Å²) >= 11 is 0. The molecule has 0 aliphatic carbocycles. The van der Waals surface area contributed by atoms with Crippen molar-refractivity contribution in [3.63, 3.8) is 0 Å². The van der Waals surface area contributed by atoms with Crippen LogP contribution in [0.3, 0.4) is 0 Å². The average Bonchev–Trinajstić information content (AvgIpc) is 2.81. The van der Waals surface area contributed by atoms with E-state index in [0.717, 1.165) is 18.5 Å². The molecule has 1 atom stereocenters. The minimum absolute atomic E-state index is 0.0507. The van der Waals surface area contributed by atoms with Crippen LogP contribution >= 0.6 is 0 Å². The monoisotopic (exact) mass is 400 g/mol. The number of ketones is 1. The lowest BCUT2D eigenvalue weighted by Crippen LogP contribution is -2.27. The molecule has 0 spiro atoms. The zero-order valence-electron chi connectivity index (χ0n) is 16.6. The second-order valence-corrected chi connectivity index (χ2v) is 7.19. The van der Waals surface area contributed by atoms with E-state index >= 15 is 0 Å². The normalized spacial score (nSPS) is 16.8. The van der Waals surface area contributed by atoms with Crippen LogP contribution < -0.4 is 15.8 Å². The quantitative estimate of drug-likeness (QED) is 0.360. The number of amidine groups is 1. The van der Waals surface area contributed by atoms with Gasteiger partial charge in [0.15, 0.2) is 5.84 Å². The lowest BCUT2D eigenvalue weighted by Gasteiger charge is -2.25. The SMILES string of the molecule is NC(=Nc1ccccc1)C(=O)c1ccc(Oc2ncccc2[C@@H]2CCCCN2)cc1. The maximum absolute atomic E-state index is 12.6. The van der Waals surface area contributed by atoms with Crippen molar-refractivity contribution in [1.29, 1.82) is 0 Å². The van der Waals surface area contributed by atoms with E-state index in [1.165, 1.54) is 12.8 Å². The van der Waals surface area contributed by atoms with Gasteiger partial charge in [-0.05, 0) is 61.9 Å². The molecule has 4 rings (SSSR count). The van der Waals surface area contributed by atoms with E-state index in [1.807, 2.05) is 30.3 Å². The Hall–Kier alpha value is -3.51. The number of ether oxygens (including phenoxy) is 1. The molecular weight excluding hydrogens is 376 g/mol. The highest BCUT2D eigenvalue weighted by atomic mass is 16.5. The molecule has 6 nitrogen and oxygen atoms in total. The fourth-order valence-electron chi connectivity index (χ4n) is 3.50. The first-order valence-corrected chi connectivity index (χ1v) is 10.1. The lowest BCUT2D eigenvalue weighted by molar-refractivity contribution is 0.106. The number of pyridine rings is 1. The molecule has 0 saturated carbocycles. The Balaban J connectivity index is 1.48. The van der Waals surface area contributed by atoms with Gasteiger partial charge in [-0.15, -0.1) is 0 Å². The van der Waals surface area contributed by atoms with Gasteiger partial charge in [-0.3, -0.25) is 4.79 Å². The van der Waals surface area contributed by atoms with Crippen molar-refractivity contribution >= 4 is 17.3 Å². The number of aliphatic imine (C=N–C) groups is 1. The highest BCUT2D eigenvalue weighted by Crippen LogP contribution is 2.31. The van der Waals surface area contributed by atoms with Crippen molar-refractivity contribution in [2.24, 2.45) is 10.7 Å². The number of hydrogen-bond acceptors (Lipinski definition) is 5. The molecule has 1 saturated heterocycles. The third-order valence-corrected chi connectivity index (χ3v) is 5.06. The van der Waals surface area contributed by atoms with Crippen LogP contribution in [0.15, 0.2) is 77.9 Å². The van der Waals surface area contributed by atoms with Crippen molar-refractivity contribution in [3.8, 4) is 11.6 Å². The van der Waals surface area contributed by atoms with E-state index in [9.17, 15) is 4.79 Å². The number of carbonyl (C=O) groups is 1. The fourth-order valence-corrected chi connectivity index (χ4v) is 3.50. The Bertz CT molecular complexity index is 1030. The van der Waals surface area contributed by atoms with Gasteiger partial charge in [0.05, 0.1) is 5.69 Å². The summed E-state index contributed by atoms with van der Waals surface area (Å²) in [7, 11) is 0. The predicted molar refractivity (Wildman–Crippen MR) is 117 cm³/mol. The molecule has 3 aromatic rings. The van der Waals surface area contributed by atoms with E-state index in [0.29, 0.717) is 22.9 Å². The first-order chi connectivity index (χ1) is 14.7. The Labute approximate surface area is 175 Å². The van der Waals surface area contributed by atoms with Gasteiger partial charge < -0.3 is 15.8 Å². The van der Waals surface area contributed by atoms with Crippen molar-refractivity contribution in [1.82, 2.24) is 10.3 Å². The molecule has 1 aromatic heterocycles. The molecule has 0 radical (unpaired) electrons. The van der Waals surface area contributed by atoms with Gasteiger partial charge in [0.25, 0.3) is 0 Å². The smallest absolute Gasteiger partial charge is 0.227 e. The average molecular weight is 400 g/mol. The van der Waals surface area contributed by atoms with Crippen molar-refractivity contribution < 1.29 is 9.53 Å². The van der Waals surface area contributed by atoms with E-state index in [1.54, 1.807) is 42.6 Å². The Morgan fingerprint density at radius 3 is 2.57 bits per heavy atom. The van der Waals surface area contributed by atoms with E-state index in [-0.39, 0.29) is 17.7 Å². The molecule has 2 heterocycles. The van der Waals surface area contributed by atoms with Crippen LogP contribution in [0.25, 0.3) is 0 Å². The van der Waals surface area contributed by atoms with Crippen LogP contribution in [0, 0.1) is 0 Å². The van der Waals surface area contributed by atoms with Gasteiger partial charge >= 0.3 is 0 Å². The lowest BCUT2D eigenvalue weighted by atomic mass is 9.98. The minimum Gasteiger partial charge on any atom is -0.439 e. The summed E-state index contributed by atoms with van der Waals surface area (Å²) in [5.41, 5.74) is 8.04. The third-order valence-electron chi connectivity index (χ3n) is 5.06. The van der Waals surface area contributed by atoms with Crippen LogP contribution in [0.2, 0.25) is 0 Å². The Morgan fingerprint density at radius 2 is 1.83 bits per heavy atom. The van der Waals surface area contributed by atoms with Gasteiger partial charge in [-0.25, -0.2) is 9.98 Å². The van der Waals surface area contributed by atoms with Crippen LogP contribution in [0.1, 0.15) is 41.2 Å². The van der Waals surface area contributed by atoms with E-state index < -0.39 is 0 Å². The first-order valence-electron chi connectivity index (χ1n) is 10.1. The molecule has 1 aliphatic heterocycles. The second kappa shape index (κ2) is 9.33. The standard InChI is InChI=1S/C24H24N4O2/c25-23(28-18-7-2-1-3-8-18)22(29)17-11-13-19(14-12-17)30-24-20(9-6-16-27-24)21-10-4-5-15-26-21/h1-3,6-9,11-14,16,21,26H,4-5,10,15H2,(H2,25,28)/t21-/m0/s1. The highest BCUT2D eigenvalue weighted by Gasteiger charge is 2.20. The molecule has 6 heteroatoms. The molecule has 2 aromatic carbocycles. The summed E-state index contributed by atoms with van der Waals surface area (Å²) in [4.78, 5) is 21.2. The third kappa shape index (κ3) is 4.72. The fraction of sp³-hybridized carbons (Fsp3) is 0.208. The van der Waals surface area contributed by atoms with E-state index in [2.05, 4.69) is 15.3 Å². The van der Waals surface area contributed by atoms with Crippen molar-refractivity contribution in [2.75, 3.05) is 6.54 Å². The summed E-state index contributed by atoms with van der Waals surface area (Å²) in [6, 6.07) is 20.2. The number of benzene rings is 2. The number of para-hydroxylation sites is 1. The molecule has 0 amide bonds. The van der Waals surface area contributed by atoms with Crippen molar-refractivity contribution in [3.05, 3.63) is 84.1 Å². The molecule has 1 fully saturated rings. The number of rotatable bonds is 6. The molecule has 3 N–H and O–H groups in total. The van der Waals surface area contributed by atoms with Gasteiger partial charge in [-0.2, -0.15) is 0 Å². The van der Waals surface area contributed by atoms with Gasteiger partial charge in [0.2, 0.25) is 11.7 Å². The predicted octanol–water partition coefficient (Wildman–Crippen LogP) is 4.56. The molecular formula is C24H24N4O2. The highest BCUT2D eigenvalue weighted by molar-refractivity contribution is 6.45. The molecule has 30 heavy (non-hydrogen) atoms. The molecule has 0 bridgehead atoms. The zero-order chi connectivity index (χ0) is 20.8. The largest absolute Gasteiger partial charge is 0.439 e. The summed E-state index contributed by atoms with van der Waals surface area (Å²) in [6.45, 7) is 1.00. The maximum Gasteiger partial charge on any atom is 0.227 e. The minimum atomic E-state index is -0.324. The number of piperidine rings is 1. The van der Waals surface area contributed by atoms with E-state index in [4.69, 9.17) is 10.5 Å². The Kier molecular flexibility index (Phi) is 6.15. The number of nitrogens with zero attached hydrogens (tertiary/aromatic N) is 2. The summed E-state index contributed by atoms with van der Waals surface area (Å²) < 4.78 is 6.03. The second-order valence-electron chi connectivity index (χ2n) is 7.19. The summed E-state index contributed by atoms with van der Waals surface area (Å²) in [5.74, 6) is 0.822. The zero-order valence-corrected chi connectivity index (χ0v) is 16.6. The van der Waals surface area contributed by atoms with Crippen LogP contribution in [0.4, 0.5) is 5.69 Å². The molecule has 1 aliphatic rings. The number of carbonyl (C=O) groups excluding carboxylic acids is 1. The number of hydrogen-bond donors (Lipinski definition) is 2. The number of Topliss-reactive ketones (excluding diaryl/α,β-unsaturated/α-hetero) is 1. The Morgan fingerprint density at radius 1 is 1.03 bits per heavy atom. The number of nitrogens with one attached hydrogen (secondary N) is 1. The molecule has 152 valence electrons. The summed E-state index contributed by atoms with van der Waals surface area (Å²) in [5, 5.41) is 3.53. The van der Waals surface area contributed by atoms with Crippen molar-refractivity contribution in [2.45, 2.75) is 25.3 Å². The van der Waals surface area contributed by atoms with Crippen LogP contribution in [0.5, 0.6) is 11.6 Å². The van der Waals surface area contributed by atoms with Gasteiger partial charge in [-0.1, -0.05) is 30.7 Å². The molecule has 0 unspecified atom stereocenters. The van der Waals surface area contributed by atoms with Crippen LogP contribution in [-0.2, 0) is 0 Å². The van der Waals surface area contributed by atoms with Gasteiger partial charge in [0, 0.05) is 23.4 Å². The topological polar surface area (TPSA) is 89.6 Å². The number of aromatic nitrogens is 1. The first kappa shape index (κ1) is 19.8. The number of nitrogens with two attached hydrogens (primary N) is 1. The maximum atomic E-state index is 12.6. The summed E-state index contributed by atoms with van der Waals surface area (Å²) in [6.07, 6.45) is 5.17. The van der Waals surface area contributed by atoms with Gasteiger partial charge in [0.1, 0.15) is 5.75 Å².